The third-order valence-corrected chi connectivity index (χ3v) is 3.94. The number of ether oxygens (including phenoxy) is 1. The molecule has 0 unspecified atom stereocenters. The van der Waals surface area contributed by atoms with Gasteiger partial charge >= 0.3 is 6.09 Å². The zero-order valence-electron chi connectivity index (χ0n) is 14.8. The van der Waals surface area contributed by atoms with Gasteiger partial charge in [-0.05, 0) is 38.1 Å². The summed E-state index contributed by atoms with van der Waals surface area (Å²) < 4.78 is 5.10. The minimum Gasteiger partial charge on any atom is -0.445 e. The monoisotopic (exact) mass is 337 g/mol. The van der Waals surface area contributed by atoms with Crippen LogP contribution in [0.3, 0.4) is 0 Å². The fourth-order valence-corrected chi connectivity index (χ4v) is 2.86. The van der Waals surface area contributed by atoms with E-state index in [4.69, 9.17) is 4.74 Å². The first kappa shape index (κ1) is 17.2. The fraction of sp³-hybridized carbons (Fsp3) is 0.300. The molecule has 0 atom stereocenters. The molecule has 5 heteroatoms. The molecule has 0 saturated heterocycles. The van der Waals surface area contributed by atoms with Crippen LogP contribution in [0.15, 0.2) is 47.5 Å². The molecule has 0 aliphatic heterocycles. The predicted molar refractivity (Wildman–Crippen MR) is 100 cm³/mol. The van der Waals surface area contributed by atoms with Crippen LogP contribution in [0.2, 0.25) is 0 Å². The van der Waals surface area contributed by atoms with Gasteiger partial charge in [-0.3, -0.25) is 0 Å². The van der Waals surface area contributed by atoms with Gasteiger partial charge in [-0.15, -0.1) is 0 Å². The second-order valence-corrected chi connectivity index (χ2v) is 6.21. The Morgan fingerprint density at radius 1 is 1.20 bits per heavy atom. The van der Waals surface area contributed by atoms with Gasteiger partial charge in [0.1, 0.15) is 0 Å². The van der Waals surface area contributed by atoms with E-state index in [0.29, 0.717) is 5.36 Å². The van der Waals surface area contributed by atoms with E-state index < -0.39 is 6.09 Å². The molecule has 0 aliphatic rings. The topological polar surface area (TPSA) is 66.5 Å². The Kier molecular flexibility index (Phi) is 5.14. The summed E-state index contributed by atoms with van der Waals surface area (Å²) in [5.41, 5.74) is 3.27. The number of carbonyl (C=O) groups excluding carboxylic acids is 1. The average Bonchev–Trinajstić information content (AvgIpc) is 2.78. The molecule has 3 aromatic rings. The molecule has 5 nitrogen and oxygen atoms in total. The molecule has 1 amide bonds. The third-order valence-electron chi connectivity index (χ3n) is 3.94. The number of hydrogen-bond acceptors (Lipinski definition) is 3. The highest BCUT2D eigenvalue weighted by atomic mass is 16.6. The standard InChI is InChI=1S/C20H23N3O2/c1-4-21-12-14-7-5-10-17-16-9-6-8-15(11-18(16)23-19(14)17)22-20(24)25-13(2)3/h5-11,13,21,23H,4,12H2,1-3H3. The van der Waals surface area contributed by atoms with E-state index in [1.54, 1.807) is 13.8 Å². The van der Waals surface area contributed by atoms with Crippen LogP contribution in [0.5, 0.6) is 0 Å². The molecule has 130 valence electrons. The van der Waals surface area contributed by atoms with Crippen LogP contribution >= 0.6 is 0 Å². The Morgan fingerprint density at radius 3 is 2.72 bits per heavy atom. The van der Waals surface area contributed by atoms with Gasteiger partial charge in [-0.1, -0.05) is 37.3 Å². The van der Waals surface area contributed by atoms with Crippen LogP contribution in [0.25, 0.3) is 21.8 Å². The van der Waals surface area contributed by atoms with Crippen molar-refractivity contribution < 1.29 is 9.53 Å². The normalized spacial score (nSPS) is 12.2. The van der Waals surface area contributed by atoms with E-state index in [2.05, 4.69) is 40.4 Å². The second kappa shape index (κ2) is 7.49. The van der Waals surface area contributed by atoms with Crippen molar-refractivity contribution in [1.29, 1.82) is 0 Å². The van der Waals surface area contributed by atoms with E-state index in [1.165, 1.54) is 5.56 Å². The minimum atomic E-state index is -0.571. The summed E-state index contributed by atoms with van der Waals surface area (Å²) in [6.45, 7) is 7.44. The van der Waals surface area contributed by atoms with Crippen molar-refractivity contribution in [2.24, 2.45) is 4.99 Å². The van der Waals surface area contributed by atoms with Gasteiger partial charge in [-0.25, -0.2) is 4.79 Å². The van der Waals surface area contributed by atoms with Crippen LogP contribution < -0.4 is 10.7 Å². The average molecular weight is 337 g/mol. The van der Waals surface area contributed by atoms with Gasteiger partial charge in [0, 0.05) is 22.8 Å². The number of aromatic amines is 1. The van der Waals surface area contributed by atoms with Crippen molar-refractivity contribution >= 4 is 27.9 Å². The maximum Gasteiger partial charge on any atom is 0.434 e. The fourth-order valence-electron chi connectivity index (χ4n) is 2.86. The first-order valence-corrected chi connectivity index (χ1v) is 8.58. The highest BCUT2D eigenvalue weighted by molar-refractivity contribution is 6.07. The largest absolute Gasteiger partial charge is 0.445 e. The Balaban J connectivity index is 2.12. The number of nitrogens with one attached hydrogen (secondary N) is 2. The van der Waals surface area contributed by atoms with Gasteiger partial charge in [-0.2, -0.15) is 4.99 Å². The van der Waals surface area contributed by atoms with E-state index >= 15 is 0 Å². The molecule has 0 aliphatic carbocycles. The molecule has 0 saturated carbocycles. The summed E-state index contributed by atoms with van der Waals surface area (Å²) in [5, 5.41) is 6.20. The summed E-state index contributed by atoms with van der Waals surface area (Å²) in [4.78, 5) is 19.3. The highest BCUT2D eigenvalue weighted by Gasteiger charge is 2.07. The van der Waals surface area contributed by atoms with Crippen LogP contribution in [0, 0.1) is 0 Å². The second-order valence-electron chi connectivity index (χ2n) is 6.21. The smallest absolute Gasteiger partial charge is 0.434 e. The van der Waals surface area contributed by atoms with Crippen LogP contribution in [-0.2, 0) is 11.3 Å². The lowest BCUT2D eigenvalue weighted by molar-refractivity contribution is 0.125. The third kappa shape index (κ3) is 3.88. The van der Waals surface area contributed by atoms with Crippen molar-refractivity contribution in [3.8, 4) is 0 Å². The molecule has 1 aromatic heterocycles. The number of nitrogens with zero attached hydrogens (tertiary/aromatic N) is 1. The number of para-hydroxylation sites is 1. The molecule has 0 fully saturated rings. The van der Waals surface area contributed by atoms with E-state index in [-0.39, 0.29) is 6.10 Å². The molecule has 2 aromatic carbocycles. The van der Waals surface area contributed by atoms with Gasteiger partial charge < -0.3 is 15.0 Å². The molecule has 25 heavy (non-hydrogen) atoms. The van der Waals surface area contributed by atoms with E-state index in [9.17, 15) is 4.79 Å². The molecular weight excluding hydrogens is 314 g/mol. The Labute approximate surface area is 146 Å². The molecular formula is C20H23N3O2. The summed E-state index contributed by atoms with van der Waals surface area (Å²) >= 11 is 0. The minimum absolute atomic E-state index is 0.185. The molecule has 1 heterocycles. The quantitative estimate of drug-likeness (QED) is 0.759. The van der Waals surface area contributed by atoms with Crippen LogP contribution in [0.1, 0.15) is 26.3 Å². The van der Waals surface area contributed by atoms with Gasteiger partial charge in [0.2, 0.25) is 0 Å². The SMILES string of the molecule is CCNCc1cccc2c1[nH]c1cc(=NC(=O)OC(C)C)cccc12. The molecule has 0 spiro atoms. The first-order chi connectivity index (χ1) is 12.1. The number of carbonyl (C=O) groups is 1. The first-order valence-electron chi connectivity index (χ1n) is 8.58. The molecule has 2 N–H and O–H groups in total. The van der Waals surface area contributed by atoms with Crippen LogP contribution in [0.4, 0.5) is 4.79 Å². The molecule has 0 bridgehead atoms. The van der Waals surface area contributed by atoms with E-state index in [0.717, 1.165) is 34.9 Å². The molecule has 3 rings (SSSR count). The van der Waals surface area contributed by atoms with Gasteiger partial charge in [0.25, 0.3) is 0 Å². The van der Waals surface area contributed by atoms with E-state index in [1.807, 2.05) is 24.3 Å². The Hall–Kier alpha value is -2.66. The zero-order chi connectivity index (χ0) is 17.8. The number of rotatable bonds is 4. The number of fused-ring (bicyclic) bond motifs is 3. The lowest BCUT2D eigenvalue weighted by Gasteiger charge is -2.03. The van der Waals surface area contributed by atoms with Gasteiger partial charge in [0.15, 0.2) is 0 Å². The lowest BCUT2D eigenvalue weighted by atomic mass is 10.1. The predicted octanol–water partition coefficient (Wildman–Crippen LogP) is 3.88. The number of hydrogen-bond donors (Lipinski definition) is 2. The summed E-state index contributed by atoms with van der Waals surface area (Å²) in [7, 11) is 0. The van der Waals surface area contributed by atoms with Crippen LogP contribution in [-0.4, -0.2) is 23.7 Å². The summed E-state index contributed by atoms with van der Waals surface area (Å²) in [5.74, 6) is 0. The number of aromatic nitrogens is 1. The summed E-state index contributed by atoms with van der Waals surface area (Å²) in [6.07, 6.45) is -0.756. The van der Waals surface area contributed by atoms with Crippen molar-refractivity contribution in [2.75, 3.05) is 6.54 Å². The summed E-state index contributed by atoms with van der Waals surface area (Å²) in [6, 6.07) is 13.9. The van der Waals surface area contributed by atoms with Crippen molar-refractivity contribution in [3.05, 3.63) is 53.4 Å². The van der Waals surface area contributed by atoms with Crippen molar-refractivity contribution in [2.45, 2.75) is 33.4 Å². The lowest BCUT2D eigenvalue weighted by Crippen LogP contribution is -2.11. The zero-order valence-corrected chi connectivity index (χ0v) is 14.8. The maximum atomic E-state index is 11.8. The number of benzene rings is 1. The molecule has 0 radical (unpaired) electrons. The maximum absolute atomic E-state index is 11.8. The number of H-pyrrole nitrogens is 1. The number of amides is 1. The van der Waals surface area contributed by atoms with Crippen molar-refractivity contribution in [1.82, 2.24) is 10.3 Å². The van der Waals surface area contributed by atoms with Gasteiger partial charge in [0.05, 0.1) is 17.0 Å². The Bertz CT molecular complexity index is 973. The Morgan fingerprint density at radius 2 is 1.96 bits per heavy atom. The highest BCUT2D eigenvalue weighted by Crippen LogP contribution is 2.26. The van der Waals surface area contributed by atoms with Crippen molar-refractivity contribution in [3.63, 3.8) is 0 Å².